The van der Waals surface area contributed by atoms with Gasteiger partial charge in [0.2, 0.25) is 0 Å². The average Bonchev–Trinajstić information content (AvgIpc) is 2.89. The fraction of sp³-hybridized carbons (Fsp3) is 0.692. The molecule has 2 atom stereocenters. The standard InChI is InChI=1S/C13H21NO2S/c1-2-4-12(13-5-3-8-17-13)14-9-11-6-7-15-10-16-11/h3,5,8,11-12,14H,2,4,6-7,9-10H2,1H3. The van der Waals surface area contributed by atoms with E-state index in [4.69, 9.17) is 9.47 Å². The average molecular weight is 255 g/mol. The number of rotatable bonds is 6. The molecule has 0 aliphatic carbocycles. The molecule has 1 aliphatic rings. The first-order valence-electron chi connectivity index (χ1n) is 6.36. The van der Waals surface area contributed by atoms with Crippen molar-refractivity contribution in [2.24, 2.45) is 0 Å². The van der Waals surface area contributed by atoms with Gasteiger partial charge in [-0.15, -0.1) is 11.3 Å². The van der Waals surface area contributed by atoms with Gasteiger partial charge in [0.25, 0.3) is 0 Å². The zero-order valence-corrected chi connectivity index (χ0v) is 11.2. The Morgan fingerprint density at radius 1 is 1.59 bits per heavy atom. The van der Waals surface area contributed by atoms with Crippen molar-refractivity contribution in [3.05, 3.63) is 22.4 Å². The Morgan fingerprint density at radius 2 is 2.53 bits per heavy atom. The first-order chi connectivity index (χ1) is 8.40. The van der Waals surface area contributed by atoms with Gasteiger partial charge >= 0.3 is 0 Å². The van der Waals surface area contributed by atoms with Crippen molar-refractivity contribution in [3.63, 3.8) is 0 Å². The maximum Gasteiger partial charge on any atom is 0.147 e. The van der Waals surface area contributed by atoms with E-state index >= 15 is 0 Å². The summed E-state index contributed by atoms with van der Waals surface area (Å²) in [7, 11) is 0. The lowest BCUT2D eigenvalue weighted by atomic mass is 10.1. The molecule has 0 saturated carbocycles. The molecule has 0 radical (unpaired) electrons. The van der Waals surface area contributed by atoms with E-state index < -0.39 is 0 Å². The predicted molar refractivity (Wildman–Crippen MR) is 70.3 cm³/mol. The maximum atomic E-state index is 5.54. The summed E-state index contributed by atoms with van der Waals surface area (Å²) < 4.78 is 10.7. The lowest BCUT2D eigenvalue weighted by molar-refractivity contribution is -0.137. The summed E-state index contributed by atoms with van der Waals surface area (Å²) in [6, 6.07) is 4.81. The second-order valence-corrected chi connectivity index (χ2v) is 5.35. The first-order valence-corrected chi connectivity index (χ1v) is 7.24. The van der Waals surface area contributed by atoms with Gasteiger partial charge in [-0.1, -0.05) is 19.4 Å². The van der Waals surface area contributed by atoms with Crippen LogP contribution in [0.2, 0.25) is 0 Å². The highest BCUT2D eigenvalue weighted by atomic mass is 32.1. The molecular weight excluding hydrogens is 234 g/mol. The van der Waals surface area contributed by atoms with Crippen molar-refractivity contribution in [2.45, 2.75) is 38.3 Å². The van der Waals surface area contributed by atoms with E-state index in [0.717, 1.165) is 19.6 Å². The van der Waals surface area contributed by atoms with Crippen molar-refractivity contribution in [3.8, 4) is 0 Å². The fourth-order valence-corrected chi connectivity index (χ4v) is 2.90. The molecule has 1 N–H and O–H groups in total. The van der Waals surface area contributed by atoms with Crippen molar-refractivity contribution in [2.75, 3.05) is 19.9 Å². The molecule has 2 heterocycles. The van der Waals surface area contributed by atoms with Crippen LogP contribution in [0.3, 0.4) is 0 Å². The van der Waals surface area contributed by atoms with E-state index in [0.29, 0.717) is 18.9 Å². The van der Waals surface area contributed by atoms with Gasteiger partial charge in [-0.25, -0.2) is 0 Å². The minimum atomic E-state index is 0.308. The number of hydrogen-bond acceptors (Lipinski definition) is 4. The molecule has 1 aliphatic heterocycles. The molecular formula is C13H21NO2S. The van der Waals surface area contributed by atoms with E-state index in [1.807, 2.05) is 11.3 Å². The third kappa shape index (κ3) is 4.07. The van der Waals surface area contributed by atoms with Crippen LogP contribution in [0.1, 0.15) is 37.1 Å². The van der Waals surface area contributed by atoms with Gasteiger partial charge < -0.3 is 14.8 Å². The maximum absolute atomic E-state index is 5.54. The van der Waals surface area contributed by atoms with Crippen LogP contribution >= 0.6 is 11.3 Å². The highest BCUT2D eigenvalue weighted by molar-refractivity contribution is 7.10. The Kier molecular flexibility index (Phi) is 5.45. The Bertz CT molecular complexity index is 296. The largest absolute Gasteiger partial charge is 0.355 e. The summed E-state index contributed by atoms with van der Waals surface area (Å²) in [6.07, 6.45) is 3.69. The molecule has 1 fully saturated rings. The van der Waals surface area contributed by atoms with Crippen molar-refractivity contribution in [1.82, 2.24) is 5.32 Å². The van der Waals surface area contributed by atoms with Gasteiger partial charge in [0.05, 0.1) is 12.7 Å². The van der Waals surface area contributed by atoms with E-state index in [9.17, 15) is 0 Å². The van der Waals surface area contributed by atoms with Gasteiger partial charge in [-0.3, -0.25) is 0 Å². The minimum absolute atomic E-state index is 0.308. The van der Waals surface area contributed by atoms with Gasteiger partial charge in [-0.2, -0.15) is 0 Å². The Labute approximate surface area is 107 Å². The zero-order valence-electron chi connectivity index (χ0n) is 10.4. The molecule has 3 nitrogen and oxygen atoms in total. The summed E-state index contributed by atoms with van der Waals surface area (Å²) >= 11 is 1.83. The normalized spacial score (nSPS) is 22.5. The fourth-order valence-electron chi connectivity index (χ4n) is 2.06. The molecule has 17 heavy (non-hydrogen) atoms. The molecule has 2 rings (SSSR count). The highest BCUT2D eigenvalue weighted by Gasteiger charge is 2.17. The Hall–Kier alpha value is -0.420. The van der Waals surface area contributed by atoms with Gasteiger partial charge in [-0.05, 0) is 24.3 Å². The molecule has 0 aromatic carbocycles. The summed E-state index contributed by atoms with van der Waals surface area (Å²) in [4.78, 5) is 1.43. The molecule has 4 heteroatoms. The van der Waals surface area contributed by atoms with Crippen LogP contribution in [-0.2, 0) is 9.47 Å². The molecule has 1 aromatic heterocycles. The Morgan fingerprint density at radius 3 is 3.18 bits per heavy atom. The topological polar surface area (TPSA) is 30.5 Å². The monoisotopic (exact) mass is 255 g/mol. The second kappa shape index (κ2) is 7.11. The number of thiophene rings is 1. The molecule has 0 spiro atoms. The van der Waals surface area contributed by atoms with Crippen molar-refractivity contribution < 1.29 is 9.47 Å². The summed E-state index contributed by atoms with van der Waals surface area (Å²) in [5.74, 6) is 0. The third-order valence-electron chi connectivity index (χ3n) is 3.03. The van der Waals surface area contributed by atoms with Gasteiger partial charge in [0.1, 0.15) is 6.79 Å². The van der Waals surface area contributed by atoms with Gasteiger partial charge in [0, 0.05) is 17.5 Å². The van der Waals surface area contributed by atoms with Crippen LogP contribution in [0.5, 0.6) is 0 Å². The third-order valence-corrected chi connectivity index (χ3v) is 4.01. The van der Waals surface area contributed by atoms with E-state index in [-0.39, 0.29) is 0 Å². The van der Waals surface area contributed by atoms with Crippen LogP contribution in [-0.4, -0.2) is 26.0 Å². The minimum Gasteiger partial charge on any atom is -0.355 e. The highest BCUT2D eigenvalue weighted by Crippen LogP contribution is 2.23. The van der Waals surface area contributed by atoms with E-state index in [1.54, 1.807) is 0 Å². The van der Waals surface area contributed by atoms with E-state index in [1.165, 1.54) is 17.7 Å². The quantitative estimate of drug-likeness (QED) is 0.848. The molecule has 1 aromatic rings. The van der Waals surface area contributed by atoms with Crippen LogP contribution in [0.25, 0.3) is 0 Å². The second-order valence-electron chi connectivity index (χ2n) is 4.37. The van der Waals surface area contributed by atoms with Crippen molar-refractivity contribution >= 4 is 11.3 Å². The SMILES string of the molecule is CCCC(NCC1CCOCO1)c1cccs1. The lowest BCUT2D eigenvalue weighted by Crippen LogP contribution is -2.35. The van der Waals surface area contributed by atoms with Crippen molar-refractivity contribution in [1.29, 1.82) is 0 Å². The van der Waals surface area contributed by atoms with E-state index in [2.05, 4.69) is 29.8 Å². The number of ether oxygens (including phenoxy) is 2. The van der Waals surface area contributed by atoms with Crippen LogP contribution in [0.4, 0.5) is 0 Å². The number of nitrogens with one attached hydrogen (secondary N) is 1. The zero-order chi connectivity index (χ0) is 11.9. The molecule has 0 amide bonds. The lowest BCUT2D eigenvalue weighted by Gasteiger charge is -2.25. The number of hydrogen-bond donors (Lipinski definition) is 1. The summed E-state index contributed by atoms with van der Waals surface area (Å²) in [5, 5.41) is 5.77. The van der Waals surface area contributed by atoms with Crippen LogP contribution in [0.15, 0.2) is 17.5 Å². The molecule has 2 unspecified atom stereocenters. The van der Waals surface area contributed by atoms with Crippen LogP contribution in [0, 0.1) is 0 Å². The molecule has 1 saturated heterocycles. The smallest absolute Gasteiger partial charge is 0.147 e. The van der Waals surface area contributed by atoms with Gasteiger partial charge in [0.15, 0.2) is 0 Å². The summed E-state index contributed by atoms with van der Waals surface area (Å²) in [6.45, 7) is 4.42. The molecule has 0 bridgehead atoms. The first kappa shape index (κ1) is 13.0. The van der Waals surface area contributed by atoms with Crippen LogP contribution < -0.4 is 5.32 Å². The Balaban J connectivity index is 1.81. The summed E-state index contributed by atoms with van der Waals surface area (Å²) in [5.41, 5.74) is 0. The molecule has 96 valence electrons. The predicted octanol–water partition coefficient (Wildman–Crippen LogP) is 2.94.